The summed E-state index contributed by atoms with van der Waals surface area (Å²) in [6.45, 7) is 2.47. The third-order valence-electron chi connectivity index (χ3n) is 3.78. The van der Waals surface area contributed by atoms with Crippen molar-refractivity contribution in [2.75, 3.05) is 11.9 Å². The van der Waals surface area contributed by atoms with Gasteiger partial charge in [0.25, 0.3) is 0 Å². The second-order valence-corrected chi connectivity index (χ2v) is 5.61. The van der Waals surface area contributed by atoms with Gasteiger partial charge in [0, 0.05) is 18.4 Å². The second kappa shape index (κ2) is 8.20. The van der Waals surface area contributed by atoms with E-state index in [0.29, 0.717) is 30.9 Å². The first-order chi connectivity index (χ1) is 12.3. The number of rotatable bonds is 7. The lowest BCUT2D eigenvalue weighted by Crippen LogP contribution is -2.13. The minimum Gasteiger partial charge on any atom is -0.492 e. The van der Waals surface area contributed by atoms with Crippen LogP contribution in [0.2, 0.25) is 0 Å². The van der Waals surface area contributed by atoms with Gasteiger partial charge in [-0.3, -0.25) is 4.79 Å². The van der Waals surface area contributed by atoms with Crippen molar-refractivity contribution in [1.82, 2.24) is 0 Å². The van der Waals surface area contributed by atoms with Crippen molar-refractivity contribution in [1.29, 1.82) is 0 Å². The predicted molar refractivity (Wildman–Crippen MR) is 98.7 cm³/mol. The van der Waals surface area contributed by atoms with Crippen molar-refractivity contribution in [3.63, 3.8) is 0 Å². The Morgan fingerprint density at radius 3 is 2.56 bits per heavy atom. The first-order valence-corrected chi connectivity index (χ1v) is 8.42. The fraction of sp³-hybridized carbons (Fsp3) is 0.190. The van der Waals surface area contributed by atoms with Crippen LogP contribution in [-0.2, 0) is 11.2 Å². The van der Waals surface area contributed by atoms with Crippen LogP contribution < -0.4 is 10.1 Å². The molecule has 4 heteroatoms. The normalized spacial score (nSPS) is 10.4. The van der Waals surface area contributed by atoms with Gasteiger partial charge in [-0.2, -0.15) is 0 Å². The monoisotopic (exact) mass is 335 g/mol. The molecule has 0 bridgehead atoms. The van der Waals surface area contributed by atoms with E-state index >= 15 is 0 Å². The molecule has 4 nitrogen and oxygen atoms in total. The van der Waals surface area contributed by atoms with Gasteiger partial charge in [0.15, 0.2) is 0 Å². The van der Waals surface area contributed by atoms with Crippen molar-refractivity contribution < 1.29 is 13.9 Å². The van der Waals surface area contributed by atoms with E-state index in [-0.39, 0.29) is 5.91 Å². The quantitative estimate of drug-likeness (QED) is 0.667. The van der Waals surface area contributed by atoms with Crippen molar-refractivity contribution in [3.8, 4) is 17.1 Å². The van der Waals surface area contributed by atoms with Crippen LogP contribution in [0.4, 0.5) is 5.69 Å². The molecule has 25 heavy (non-hydrogen) atoms. The molecule has 0 fully saturated rings. The summed E-state index contributed by atoms with van der Waals surface area (Å²) >= 11 is 0. The van der Waals surface area contributed by atoms with E-state index in [4.69, 9.17) is 9.15 Å². The van der Waals surface area contributed by atoms with Crippen LogP contribution in [-0.4, -0.2) is 12.5 Å². The van der Waals surface area contributed by atoms with E-state index in [2.05, 4.69) is 5.32 Å². The molecule has 0 saturated heterocycles. The SMILES string of the molecule is CCOc1ccccc1NC(=O)CCc1ccc(-c2ccccc2)o1. The number of anilines is 1. The summed E-state index contributed by atoms with van der Waals surface area (Å²) in [4.78, 5) is 12.2. The van der Waals surface area contributed by atoms with Crippen LogP contribution in [0, 0.1) is 0 Å². The molecule has 3 rings (SSSR count). The molecule has 0 saturated carbocycles. The smallest absolute Gasteiger partial charge is 0.224 e. The fourth-order valence-corrected chi connectivity index (χ4v) is 2.57. The summed E-state index contributed by atoms with van der Waals surface area (Å²) in [6, 6.07) is 21.2. The first kappa shape index (κ1) is 16.8. The molecule has 1 amide bonds. The number of benzene rings is 2. The van der Waals surface area contributed by atoms with Gasteiger partial charge in [-0.25, -0.2) is 0 Å². The van der Waals surface area contributed by atoms with Gasteiger partial charge < -0.3 is 14.5 Å². The molecule has 0 aliphatic rings. The molecule has 2 aromatic carbocycles. The minimum atomic E-state index is -0.0650. The van der Waals surface area contributed by atoms with Crippen LogP contribution in [0.3, 0.4) is 0 Å². The number of aryl methyl sites for hydroxylation is 1. The molecule has 0 unspecified atom stereocenters. The lowest BCUT2D eigenvalue weighted by Gasteiger charge is -2.10. The molecule has 1 N–H and O–H groups in total. The Morgan fingerprint density at radius 2 is 1.76 bits per heavy atom. The third-order valence-corrected chi connectivity index (χ3v) is 3.78. The summed E-state index contributed by atoms with van der Waals surface area (Å²) in [5.41, 5.74) is 1.72. The maximum Gasteiger partial charge on any atom is 0.224 e. The van der Waals surface area contributed by atoms with Gasteiger partial charge in [0.2, 0.25) is 5.91 Å². The molecule has 3 aromatic rings. The molecule has 0 atom stereocenters. The Morgan fingerprint density at radius 1 is 1.00 bits per heavy atom. The molecule has 0 aliphatic carbocycles. The van der Waals surface area contributed by atoms with Gasteiger partial charge in [-0.1, -0.05) is 42.5 Å². The first-order valence-electron chi connectivity index (χ1n) is 8.42. The number of amides is 1. The van der Waals surface area contributed by atoms with Crippen molar-refractivity contribution >= 4 is 11.6 Å². The molecule has 128 valence electrons. The number of hydrogen-bond acceptors (Lipinski definition) is 3. The zero-order valence-electron chi connectivity index (χ0n) is 14.2. The van der Waals surface area contributed by atoms with E-state index in [1.165, 1.54) is 0 Å². The fourth-order valence-electron chi connectivity index (χ4n) is 2.57. The van der Waals surface area contributed by atoms with Crippen LogP contribution in [0.15, 0.2) is 71.1 Å². The number of para-hydroxylation sites is 2. The van der Waals surface area contributed by atoms with Crippen LogP contribution in [0.1, 0.15) is 19.1 Å². The lowest BCUT2D eigenvalue weighted by molar-refractivity contribution is -0.116. The van der Waals surface area contributed by atoms with Crippen molar-refractivity contribution in [2.45, 2.75) is 19.8 Å². The zero-order chi connectivity index (χ0) is 17.5. The molecular weight excluding hydrogens is 314 g/mol. The van der Waals surface area contributed by atoms with E-state index < -0.39 is 0 Å². The highest BCUT2D eigenvalue weighted by molar-refractivity contribution is 5.92. The highest BCUT2D eigenvalue weighted by Gasteiger charge is 2.10. The van der Waals surface area contributed by atoms with Gasteiger partial charge in [0.1, 0.15) is 17.3 Å². The number of ether oxygens (including phenoxy) is 1. The summed E-state index contributed by atoms with van der Waals surface area (Å²) in [7, 11) is 0. The van der Waals surface area contributed by atoms with Crippen LogP contribution in [0.25, 0.3) is 11.3 Å². The summed E-state index contributed by atoms with van der Waals surface area (Å²) in [5, 5.41) is 2.90. The van der Waals surface area contributed by atoms with E-state index in [0.717, 1.165) is 17.1 Å². The molecular formula is C21H21NO3. The number of hydrogen-bond donors (Lipinski definition) is 1. The standard InChI is InChI=1S/C21H21NO3/c1-2-24-20-11-7-6-10-18(20)22-21(23)15-13-17-12-14-19(25-17)16-8-4-3-5-9-16/h3-12,14H,2,13,15H2,1H3,(H,22,23). The highest BCUT2D eigenvalue weighted by Crippen LogP contribution is 2.25. The zero-order valence-corrected chi connectivity index (χ0v) is 14.2. The van der Waals surface area contributed by atoms with Gasteiger partial charge >= 0.3 is 0 Å². The predicted octanol–water partition coefficient (Wildman–Crippen LogP) is 4.92. The molecule has 0 spiro atoms. The number of furan rings is 1. The van der Waals surface area contributed by atoms with Crippen molar-refractivity contribution in [2.24, 2.45) is 0 Å². The number of nitrogens with one attached hydrogen (secondary N) is 1. The molecule has 0 radical (unpaired) electrons. The number of carbonyl (C=O) groups is 1. The van der Waals surface area contributed by atoms with Crippen LogP contribution >= 0.6 is 0 Å². The Kier molecular flexibility index (Phi) is 5.52. The third kappa shape index (κ3) is 4.51. The van der Waals surface area contributed by atoms with Gasteiger partial charge in [0.05, 0.1) is 12.3 Å². The Hall–Kier alpha value is -3.01. The minimum absolute atomic E-state index is 0.0650. The highest BCUT2D eigenvalue weighted by atomic mass is 16.5. The average molecular weight is 335 g/mol. The Labute approximate surface area is 147 Å². The van der Waals surface area contributed by atoms with E-state index in [9.17, 15) is 4.79 Å². The van der Waals surface area contributed by atoms with Gasteiger partial charge in [-0.05, 0) is 31.2 Å². The van der Waals surface area contributed by atoms with Crippen molar-refractivity contribution in [3.05, 3.63) is 72.5 Å². The summed E-state index contributed by atoms with van der Waals surface area (Å²) < 4.78 is 11.3. The topological polar surface area (TPSA) is 51.5 Å². The number of carbonyl (C=O) groups excluding carboxylic acids is 1. The summed E-state index contributed by atoms with van der Waals surface area (Å²) in [5.74, 6) is 2.23. The second-order valence-electron chi connectivity index (χ2n) is 5.61. The van der Waals surface area contributed by atoms with E-state index in [1.54, 1.807) is 0 Å². The maximum absolute atomic E-state index is 12.2. The van der Waals surface area contributed by atoms with Gasteiger partial charge in [-0.15, -0.1) is 0 Å². The average Bonchev–Trinajstić information content (AvgIpc) is 3.12. The summed E-state index contributed by atoms with van der Waals surface area (Å²) in [6.07, 6.45) is 0.900. The maximum atomic E-state index is 12.2. The Balaban J connectivity index is 1.57. The largest absolute Gasteiger partial charge is 0.492 e. The molecule has 1 aromatic heterocycles. The Bertz CT molecular complexity index is 824. The van der Waals surface area contributed by atoms with E-state index in [1.807, 2.05) is 73.7 Å². The molecule has 0 aliphatic heterocycles. The van der Waals surface area contributed by atoms with Crippen LogP contribution in [0.5, 0.6) is 5.75 Å². The molecule has 1 heterocycles. The lowest BCUT2D eigenvalue weighted by atomic mass is 10.2.